The first-order chi connectivity index (χ1) is 7.63. The SMILES string of the molecule is C=CCCC(=O)CC(C)c1ccc(N)cc1. The average molecular weight is 217 g/mol. The Morgan fingerprint density at radius 3 is 2.62 bits per heavy atom. The average Bonchev–Trinajstić information content (AvgIpc) is 2.27. The summed E-state index contributed by atoms with van der Waals surface area (Å²) in [4.78, 5) is 11.6. The van der Waals surface area contributed by atoms with Gasteiger partial charge in [0.05, 0.1) is 0 Å². The van der Waals surface area contributed by atoms with Crippen LogP contribution < -0.4 is 5.73 Å². The minimum atomic E-state index is 0.262. The van der Waals surface area contributed by atoms with E-state index in [0.29, 0.717) is 18.6 Å². The molecule has 0 fully saturated rings. The molecule has 0 aliphatic carbocycles. The van der Waals surface area contributed by atoms with E-state index in [2.05, 4.69) is 13.5 Å². The molecule has 16 heavy (non-hydrogen) atoms. The Balaban J connectivity index is 2.51. The molecule has 0 radical (unpaired) electrons. The Morgan fingerprint density at radius 2 is 2.06 bits per heavy atom. The highest BCUT2D eigenvalue weighted by Crippen LogP contribution is 2.21. The zero-order valence-electron chi connectivity index (χ0n) is 9.78. The van der Waals surface area contributed by atoms with E-state index >= 15 is 0 Å². The maximum absolute atomic E-state index is 11.6. The molecule has 0 spiro atoms. The third kappa shape index (κ3) is 3.89. The normalized spacial score (nSPS) is 12.1. The van der Waals surface area contributed by atoms with Crippen molar-refractivity contribution in [2.75, 3.05) is 5.73 Å². The van der Waals surface area contributed by atoms with Crippen molar-refractivity contribution in [1.82, 2.24) is 0 Å². The predicted octanol–water partition coefficient (Wildman–Crippen LogP) is 3.30. The van der Waals surface area contributed by atoms with E-state index in [1.165, 1.54) is 5.56 Å². The fourth-order valence-electron chi connectivity index (χ4n) is 1.65. The molecule has 1 aromatic carbocycles. The summed E-state index contributed by atoms with van der Waals surface area (Å²) in [6.07, 6.45) is 3.75. The third-order valence-electron chi connectivity index (χ3n) is 2.67. The fraction of sp³-hybridized carbons (Fsp3) is 0.357. The van der Waals surface area contributed by atoms with Crippen molar-refractivity contribution in [1.29, 1.82) is 0 Å². The molecule has 0 heterocycles. The zero-order valence-corrected chi connectivity index (χ0v) is 9.78. The molecule has 2 heteroatoms. The second-order valence-electron chi connectivity index (χ2n) is 4.14. The summed E-state index contributed by atoms with van der Waals surface area (Å²) < 4.78 is 0. The van der Waals surface area contributed by atoms with Gasteiger partial charge in [-0.15, -0.1) is 6.58 Å². The van der Waals surface area contributed by atoms with Crippen LogP contribution in [-0.2, 0) is 4.79 Å². The van der Waals surface area contributed by atoms with Crippen LogP contribution in [0.1, 0.15) is 37.7 Å². The highest BCUT2D eigenvalue weighted by atomic mass is 16.1. The molecule has 1 atom stereocenters. The summed E-state index contributed by atoms with van der Waals surface area (Å²) in [5.74, 6) is 0.558. The van der Waals surface area contributed by atoms with Crippen LogP contribution in [0.25, 0.3) is 0 Å². The number of benzene rings is 1. The van der Waals surface area contributed by atoms with Gasteiger partial charge in [0, 0.05) is 18.5 Å². The first-order valence-electron chi connectivity index (χ1n) is 5.61. The van der Waals surface area contributed by atoms with Crippen LogP contribution in [0.3, 0.4) is 0 Å². The standard InChI is InChI=1S/C14H19NO/c1-3-4-5-14(16)10-11(2)12-6-8-13(15)9-7-12/h3,6-9,11H,1,4-5,10,15H2,2H3. The topological polar surface area (TPSA) is 43.1 Å². The minimum Gasteiger partial charge on any atom is -0.399 e. The van der Waals surface area contributed by atoms with E-state index in [4.69, 9.17) is 5.73 Å². The van der Waals surface area contributed by atoms with Crippen LogP contribution in [0, 0.1) is 0 Å². The highest BCUT2D eigenvalue weighted by molar-refractivity contribution is 5.79. The Kier molecular flexibility index (Phi) is 4.77. The first kappa shape index (κ1) is 12.5. The van der Waals surface area contributed by atoms with Crippen molar-refractivity contribution in [3.8, 4) is 0 Å². The van der Waals surface area contributed by atoms with Gasteiger partial charge in [-0.3, -0.25) is 4.79 Å². The summed E-state index contributed by atoms with van der Waals surface area (Å²) in [7, 11) is 0. The second-order valence-corrected chi connectivity index (χ2v) is 4.14. The molecule has 1 rings (SSSR count). The van der Waals surface area contributed by atoms with Crippen molar-refractivity contribution in [3.05, 3.63) is 42.5 Å². The van der Waals surface area contributed by atoms with Crippen LogP contribution in [0.2, 0.25) is 0 Å². The first-order valence-corrected chi connectivity index (χ1v) is 5.61. The van der Waals surface area contributed by atoms with E-state index in [-0.39, 0.29) is 5.92 Å². The lowest BCUT2D eigenvalue weighted by atomic mass is 9.94. The van der Waals surface area contributed by atoms with Gasteiger partial charge < -0.3 is 5.73 Å². The zero-order chi connectivity index (χ0) is 12.0. The van der Waals surface area contributed by atoms with Crippen molar-refractivity contribution in [2.45, 2.75) is 32.1 Å². The van der Waals surface area contributed by atoms with E-state index in [1.807, 2.05) is 24.3 Å². The van der Waals surface area contributed by atoms with Crippen molar-refractivity contribution < 1.29 is 4.79 Å². The number of allylic oxidation sites excluding steroid dienone is 1. The number of hydrogen-bond acceptors (Lipinski definition) is 2. The molecule has 1 aromatic rings. The Labute approximate surface area is 97.2 Å². The minimum absolute atomic E-state index is 0.262. The molecule has 0 aromatic heterocycles. The molecule has 2 nitrogen and oxygen atoms in total. The number of rotatable bonds is 6. The summed E-state index contributed by atoms with van der Waals surface area (Å²) in [5.41, 5.74) is 7.54. The molecule has 0 saturated heterocycles. The van der Waals surface area contributed by atoms with Gasteiger partial charge in [0.25, 0.3) is 0 Å². The smallest absolute Gasteiger partial charge is 0.133 e. The van der Waals surface area contributed by atoms with Crippen LogP contribution >= 0.6 is 0 Å². The van der Waals surface area contributed by atoms with Crippen molar-refractivity contribution in [2.24, 2.45) is 0 Å². The largest absolute Gasteiger partial charge is 0.399 e. The lowest BCUT2D eigenvalue weighted by Crippen LogP contribution is -2.04. The maximum Gasteiger partial charge on any atom is 0.133 e. The molecular formula is C14H19NO. The number of anilines is 1. The molecular weight excluding hydrogens is 198 g/mol. The van der Waals surface area contributed by atoms with Crippen LogP contribution in [0.15, 0.2) is 36.9 Å². The van der Waals surface area contributed by atoms with Gasteiger partial charge in [-0.05, 0) is 30.0 Å². The maximum atomic E-state index is 11.6. The molecule has 2 N–H and O–H groups in total. The quantitative estimate of drug-likeness (QED) is 0.587. The van der Waals surface area contributed by atoms with Gasteiger partial charge in [0.1, 0.15) is 5.78 Å². The molecule has 0 aliphatic rings. The Hall–Kier alpha value is -1.57. The van der Waals surface area contributed by atoms with Gasteiger partial charge in [0.2, 0.25) is 0 Å². The predicted molar refractivity (Wildman–Crippen MR) is 68.3 cm³/mol. The van der Waals surface area contributed by atoms with Gasteiger partial charge in [-0.25, -0.2) is 0 Å². The number of carbonyl (C=O) groups excluding carboxylic acids is 1. The lowest BCUT2D eigenvalue weighted by molar-refractivity contribution is -0.119. The van der Waals surface area contributed by atoms with Gasteiger partial charge in [0.15, 0.2) is 0 Å². The monoisotopic (exact) mass is 217 g/mol. The van der Waals surface area contributed by atoms with Gasteiger partial charge in [-0.1, -0.05) is 25.1 Å². The molecule has 0 aliphatic heterocycles. The van der Waals surface area contributed by atoms with Crippen molar-refractivity contribution in [3.63, 3.8) is 0 Å². The number of carbonyl (C=O) groups is 1. The van der Waals surface area contributed by atoms with E-state index < -0.39 is 0 Å². The number of Topliss-reactive ketones (excluding diaryl/α,β-unsaturated/α-hetero) is 1. The Bertz CT molecular complexity index is 354. The van der Waals surface area contributed by atoms with Crippen molar-refractivity contribution >= 4 is 11.5 Å². The summed E-state index contributed by atoms with van der Waals surface area (Å²) in [6.45, 7) is 5.68. The van der Waals surface area contributed by atoms with Crippen LogP contribution in [0.5, 0.6) is 0 Å². The molecule has 86 valence electrons. The highest BCUT2D eigenvalue weighted by Gasteiger charge is 2.10. The summed E-state index contributed by atoms with van der Waals surface area (Å²) >= 11 is 0. The number of hydrogen-bond donors (Lipinski definition) is 1. The van der Waals surface area contributed by atoms with Gasteiger partial charge in [-0.2, -0.15) is 0 Å². The van der Waals surface area contributed by atoms with Crippen LogP contribution in [0.4, 0.5) is 5.69 Å². The number of nitrogens with two attached hydrogens (primary N) is 1. The second kappa shape index (κ2) is 6.11. The van der Waals surface area contributed by atoms with E-state index in [1.54, 1.807) is 6.08 Å². The number of nitrogen functional groups attached to an aromatic ring is 1. The molecule has 1 unspecified atom stereocenters. The molecule has 0 saturated carbocycles. The van der Waals surface area contributed by atoms with E-state index in [9.17, 15) is 4.79 Å². The van der Waals surface area contributed by atoms with Gasteiger partial charge >= 0.3 is 0 Å². The van der Waals surface area contributed by atoms with Crippen LogP contribution in [-0.4, -0.2) is 5.78 Å². The summed E-state index contributed by atoms with van der Waals surface area (Å²) in [5, 5.41) is 0. The fourth-order valence-corrected chi connectivity index (χ4v) is 1.65. The van der Waals surface area contributed by atoms with E-state index in [0.717, 1.165) is 12.1 Å². The number of ketones is 1. The summed E-state index contributed by atoms with van der Waals surface area (Å²) in [6, 6.07) is 7.72. The third-order valence-corrected chi connectivity index (χ3v) is 2.67. The lowest BCUT2D eigenvalue weighted by Gasteiger charge is -2.10. The molecule has 0 bridgehead atoms. The Morgan fingerprint density at radius 1 is 1.44 bits per heavy atom. The molecule has 0 amide bonds.